The molecule has 1 aliphatic heterocycles. The third kappa shape index (κ3) is 1.62. The van der Waals surface area contributed by atoms with E-state index in [4.69, 9.17) is 4.74 Å². The van der Waals surface area contributed by atoms with Crippen LogP contribution in [0.15, 0.2) is 23.1 Å². The maximum absolute atomic E-state index is 11.3. The Bertz CT molecular complexity index is 503. The van der Waals surface area contributed by atoms with Gasteiger partial charge < -0.3 is 9.84 Å². The molecule has 0 spiro atoms. The van der Waals surface area contributed by atoms with Crippen LogP contribution in [-0.2, 0) is 10.2 Å². The minimum atomic E-state index is -0.720. The van der Waals surface area contributed by atoms with Crippen LogP contribution >= 0.6 is 11.8 Å². The van der Waals surface area contributed by atoms with Crippen LogP contribution < -0.4 is 4.74 Å². The summed E-state index contributed by atoms with van der Waals surface area (Å²) in [6, 6.07) is 5.81. The molecule has 0 radical (unpaired) electrons. The maximum Gasteiger partial charge on any atom is 0.314 e. The number of carboxylic acids is 1. The van der Waals surface area contributed by atoms with Gasteiger partial charge >= 0.3 is 5.97 Å². The van der Waals surface area contributed by atoms with Crippen LogP contribution in [0.2, 0.25) is 0 Å². The number of carboxylic acid groups (broad SMARTS) is 1. The lowest BCUT2D eigenvalue weighted by Crippen LogP contribution is -2.20. The summed E-state index contributed by atoms with van der Waals surface area (Å²) in [5, 5.41) is 9.26. The Morgan fingerprint density at radius 3 is 2.71 bits per heavy atom. The maximum atomic E-state index is 11.3. The van der Waals surface area contributed by atoms with Gasteiger partial charge in [0, 0.05) is 0 Å². The minimum absolute atomic E-state index is 0.249. The molecule has 1 heterocycles. The molecule has 90 valence electrons. The molecule has 4 heteroatoms. The van der Waals surface area contributed by atoms with Crippen LogP contribution in [0.5, 0.6) is 5.75 Å². The molecule has 0 saturated heterocycles. The van der Waals surface area contributed by atoms with E-state index in [9.17, 15) is 9.90 Å². The van der Waals surface area contributed by atoms with E-state index in [1.807, 2.05) is 32.0 Å². The van der Waals surface area contributed by atoms with Crippen LogP contribution in [0.3, 0.4) is 0 Å². The van der Waals surface area contributed by atoms with Crippen molar-refractivity contribution < 1.29 is 14.6 Å². The number of hydrogen-bond donors (Lipinski definition) is 1. The molecule has 0 bridgehead atoms. The zero-order valence-electron chi connectivity index (χ0n) is 9.82. The summed E-state index contributed by atoms with van der Waals surface area (Å²) in [6.07, 6.45) is 1.47. The van der Waals surface area contributed by atoms with Gasteiger partial charge in [0.1, 0.15) is 5.75 Å². The molecule has 1 N–H and O–H groups in total. The number of benzene rings is 1. The smallest absolute Gasteiger partial charge is 0.314 e. The standard InChI is InChI=1S/C13H14O3S/c1-12(2)16-9-7-8(3-4-10(9)17-12)13(5-6-13)11(14)15/h3-4,7H,5-6H2,1-2H3,(H,14,15). The van der Waals surface area contributed by atoms with Crippen molar-refractivity contribution >= 4 is 17.7 Å². The topological polar surface area (TPSA) is 46.5 Å². The van der Waals surface area contributed by atoms with Gasteiger partial charge in [-0.1, -0.05) is 17.8 Å². The van der Waals surface area contributed by atoms with Crippen molar-refractivity contribution in [2.45, 2.75) is 41.9 Å². The summed E-state index contributed by atoms with van der Waals surface area (Å²) in [5.41, 5.74) is 0.234. The highest BCUT2D eigenvalue weighted by atomic mass is 32.2. The minimum Gasteiger partial charge on any atom is -0.481 e. The molecule has 2 aliphatic rings. The van der Waals surface area contributed by atoms with Crippen LogP contribution in [0.1, 0.15) is 32.3 Å². The van der Waals surface area contributed by atoms with Crippen LogP contribution in [0.25, 0.3) is 0 Å². The summed E-state index contributed by atoms with van der Waals surface area (Å²) in [6.45, 7) is 4.03. The lowest BCUT2D eigenvalue weighted by atomic mass is 9.96. The van der Waals surface area contributed by atoms with E-state index in [1.54, 1.807) is 11.8 Å². The number of rotatable bonds is 2. The van der Waals surface area contributed by atoms with Crippen LogP contribution in [0, 0.1) is 0 Å². The van der Waals surface area contributed by atoms with Crippen molar-refractivity contribution in [1.29, 1.82) is 0 Å². The van der Waals surface area contributed by atoms with Crippen molar-refractivity contribution in [3.05, 3.63) is 23.8 Å². The highest BCUT2D eigenvalue weighted by Gasteiger charge is 2.52. The SMILES string of the molecule is CC1(C)Oc2cc(C3(C(=O)O)CC3)ccc2S1. The van der Waals surface area contributed by atoms with Crippen LogP contribution in [0.4, 0.5) is 0 Å². The summed E-state index contributed by atoms with van der Waals surface area (Å²) in [4.78, 5) is 12.1. The van der Waals surface area contributed by atoms with E-state index in [0.717, 1.165) is 29.1 Å². The Balaban J connectivity index is 1.99. The van der Waals surface area contributed by atoms with E-state index >= 15 is 0 Å². The second-order valence-corrected chi connectivity index (χ2v) is 6.78. The molecule has 3 nitrogen and oxygen atoms in total. The molecule has 17 heavy (non-hydrogen) atoms. The number of hydrogen-bond acceptors (Lipinski definition) is 3. The Labute approximate surface area is 104 Å². The Morgan fingerprint density at radius 2 is 2.12 bits per heavy atom. The first-order valence-corrected chi connectivity index (χ1v) is 6.51. The zero-order valence-corrected chi connectivity index (χ0v) is 10.6. The van der Waals surface area contributed by atoms with Gasteiger partial charge in [0.25, 0.3) is 0 Å². The summed E-state index contributed by atoms with van der Waals surface area (Å²) in [7, 11) is 0. The molecule has 0 atom stereocenters. The normalized spacial score (nSPS) is 22.7. The average molecular weight is 250 g/mol. The van der Waals surface area contributed by atoms with Crippen molar-refractivity contribution in [2.75, 3.05) is 0 Å². The molecule has 1 fully saturated rings. The van der Waals surface area contributed by atoms with Crippen molar-refractivity contribution in [1.82, 2.24) is 0 Å². The molecule has 0 amide bonds. The number of ether oxygens (including phenoxy) is 1. The van der Waals surface area contributed by atoms with Crippen molar-refractivity contribution in [3.63, 3.8) is 0 Å². The van der Waals surface area contributed by atoms with Gasteiger partial charge in [-0.05, 0) is 44.4 Å². The fourth-order valence-electron chi connectivity index (χ4n) is 2.27. The zero-order chi connectivity index (χ0) is 12.3. The predicted molar refractivity (Wildman–Crippen MR) is 65.6 cm³/mol. The lowest BCUT2D eigenvalue weighted by molar-refractivity contribution is -0.140. The molecule has 1 aliphatic carbocycles. The van der Waals surface area contributed by atoms with E-state index in [-0.39, 0.29) is 4.93 Å². The number of carbonyl (C=O) groups is 1. The predicted octanol–water partition coefficient (Wildman–Crippen LogP) is 3.02. The molecular formula is C13H14O3S. The molecular weight excluding hydrogens is 236 g/mol. The molecule has 3 rings (SSSR count). The number of fused-ring (bicyclic) bond motifs is 1. The second-order valence-electron chi connectivity index (χ2n) is 5.15. The molecule has 1 aromatic rings. The summed E-state index contributed by atoms with van der Waals surface area (Å²) in [5.74, 6) is 0.104. The fraction of sp³-hybridized carbons (Fsp3) is 0.462. The molecule has 1 aromatic carbocycles. The average Bonchev–Trinajstić information content (AvgIpc) is 2.95. The van der Waals surface area contributed by atoms with Gasteiger partial charge in [0.05, 0.1) is 10.3 Å². The monoisotopic (exact) mass is 250 g/mol. The first-order valence-electron chi connectivity index (χ1n) is 5.69. The van der Waals surface area contributed by atoms with Crippen molar-refractivity contribution in [2.24, 2.45) is 0 Å². The Kier molecular flexibility index (Phi) is 2.06. The molecule has 1 saturated carbocycles. The highest BCUT2D eigenvalue weighted by Crippen LogP contribution is 2.53. The third-order valence-electron chi connectivity index (χ3n) is 3.37. The van der Waals surface area contributed by atoms with Crippen molar-refractivity contribution in [3.8, 4) is 5.75 Å². The van der Waals surface area contributed by atoms with Gasteiger partial charge in [-0.25, -0.2) is 0 Å². The third-order valence-corrected chi connectivity index (χ3v) is 4.50. The van der Waals surface area contributed by atoms with Gasteiger partial charge in [-0.2, -0.15) is 0 Å². The number of thioether (sulfide) groups is 1. The largest absolute Gasteiger partial charge is 0.481 e. The quantitative estimate of drug-likeness (QED) is 0.876. The van der Waals surface area contributed by atoms with Gasteiger partial charge in [0.15, 0.2) is 4.93 Å². The van der Waals surface area contributed by atoms with Gasteiger partial charge in [0.2, 0.25) is 0 Å². The summed E-state index contributed by atoms with van der Waals surface area (Å²) < 4.78 is 5.81. The van der Waals surface area contributed by atoms with E-state index in [1.165, 1.54) is 0 Å². The molecule has 0 aromatic heterocycles. The Morgan fingerprint density at radius 1 is 1.41 bits per heavy atom. The van der Waals surface area contributed by atoms with E-state index in [2.05, 4.69) is 0 Å². The summed E-state index contributed by atoms with van der Waals surface area (Å²) >= 11 is 1.67. The highest BCUT2D eigenvalue weighted by molar-refractivity contribution is 8.00. The van der Waals surface area contributed by atoms with E-state index in [0.29, 0.717) is 0 Å². The van der Waals surface area contributed by atoms with Gasteiger partial charge in [-0.15, -0.1) is 0 Å². The lowest BCUT2D eigenvalue weighted by Gasteiger charge is -2.16. The second kappa shape index (κ2) is 3.19. The van der Waals surface area contributed by atoms with E-state index < -0.39 is 11.4 Å². The first-order chi connectivity index (χ1) is 7.93. The fourth-order valence-corrected chi connectivity index (χ4v) is 3.27. The van der Waals surface area contributed by atoms with Gasteiger partial charge in [-0.3, -0.25) is 4.79 Å². The Hall–Kier alpha value is -1.16. The molecule has 0 unspecified atom stereocenters. The van der Waals surface area contributed by atoms with Crippen LogP contribution in [-0.4, -0.2) is 16.0 Å². The first kappa shape index (κ1) is 11.0. The number of aliphatic carboxylic acids is 1.